The molecule has 0 aromatic heterocycles. The van der Waals surface area contributed by atoms with E-state index in [1.165, 1.54) is 23.5 Å². The first-order chi connectivity index (χ1) is 15.1. The van der Waals surface area contributed by atoms with Crippen LogP contribution in [0.5, 0.6) is 0 Å². The number of amides is 3. The summed E-state index contributed by atoms with van der Waals surface area (Å²) in [6, 6.07) is -2.75. The van der Waals surface area contributed by atoms with Crippen LogP contribution >= 0.6 is 23.5 Å². The normalized spacial score (nSPS) is 13.3. The van der Waals surface area contributed by atoms with Gasteiger partial charge in [0.05, 0.1) is 12.6 Å². The van der Waals surface area contributed by atoms with Crippen molar-refractivity contribution < 1.29 is 24.3 Å². The number of hydrogen-bond donors (Lipinski definition) is 7. The monoisotopic (exact) mass is 493 g/mol. The Labute approximate surface area is 196 Å². The van der Waals surface area contributed by atoms with Gasteiger partial charge in [-0.05, 0) is 49.7 Å². The van der Waals surface area contributed by atoms with E-state index in [0.717, 1.165) is 0 Å². The molecule has 0 spiro atoms. The van der Waals surface area contributed by atoms with Gasteiger partial charge < -0.3 is 38.3 Å². The Bertz CT molecular complexity index is 647. The maximum absolute atomic E-state index is 12.5. The number of aliphatic imine (C=N–C) groups is 1. The number of nitrogens with two attached hydrogens (primary N) is 3. The molecule has 32 heavy (non-hydrogen) atoms. The molecule has 184 valence electrons. The lowest BCUT2D eigenvalue weighted by Gasteiger charge is -2.21. The number of nitrogens with one attached hydrogen (secondary N) is 3. The van der Waals surface area contributed by atoms with Crippen molar-refractivity contribution >= 4 is 53.2 Å². The first-order valence-corrected chi connectivity index (χ1v) is 12.8. The average molecular weight is 494 g/mol. The SMILES string of the molecule is CSCCC(NC(=O)CNC(=O)C(CCSC)NC(=O)C(N)CCCN=C(N)N)C(=O)O. The molecule has 0 fully saturated rings. The van der Waals surface area contributed by atoms with Gasteiger partial charge in [0.1, 0.15) is 12.1 Å². The molecule has 0 saturated heterocycles. The Morgan fingerprint density at radius 1 is 0.938 bits per heavy atom. The van der Waals surface area contributed by atoms with E-state index in [2.05, 4.69) is 20.9 Å². The summed E-state index contributed by atoms with van der Waals surface area (Å²) in [5.74, 6) is -1.69. The summed E-state index contributed by atoms with van der Waals surface area (Å²) in [7, 11) is 0. The fraction of sp³-hybridized carbons (Fsp3) is 0.722. The topological polar surface area (TPSA) is 215 Å². The predicted octanol–water partition coefficient (Wildman–Crippen LogP) is -1.96. The number of carbonyl (C=O) groups excluding carboxylic acids is 3. The number of rotatable bonds is 17. The Balaban J connectivity index is 4.72. The molecule has 3 unspecified atom stereocenters. The summed E-state index contributed by atoms with van der Waals surface area (Å²) in [5.41, 5.74) is 16.4. The number of carboxylic acid groups (broad SMARTS) is 1. The van der Waals surface area contributed by atoms with E-state index < -0.39 is 48.4 Å². The van der Waals surface area contributed by atoms with E-state index in [9.17, 15) is 24.3 Å². The van der Waals surface area contributed by atoms with Gasteiger partial charge >= 0.3 is 5.97 Å². The number of thioether (sulfide) groups is 2. The maximum atomic E-state index is 12.5. The van der Waals surface area contributed by atoms with Crippen LogP contribution in [0.1, 0.15) is 25.7 Å². The van der Waals surface area contributed by atoms with E-state index in [-0.39, 0.29) is 12.4 Å². The van der Waals surface area contributed by atoms with Crippen LogP contribution in [0.4, 0.5) is 0 Å². The highest BCUT2D eigenvalue weighted by atomic mass is 32.2. The summed E-state index contributed by atoms with van der Waals surface area (Å²) >= 11 is 2.96. The third-order valence-electron chi connectivity index (χ3n) is 4.22. The van der Waals surface area contributed by atoms with E-state index in [1.54, 1.807) is 0 Å². The third kappa shape index (κ3) is 14.0. The van der Waals surface area contributed by atoms with Gasteiger partial charge in [0.25, 0.3) is 0 Å². The summed E-state index contributed by atoms with van der Waals surface area (Å²) in [6.45, 7) is -0.0683. The van der Waals surface area contributed by atoms with Gasteiger partial charge in [-0.25, -0.2) is 4.79 Å². The van der Waals surface area contributed by atoms with Gasteiger partial charge in [-0.1, -0.05) is 0 Å². The molecule has 0 heterocycles. The number of aliphatic carboxylic acids is 1. The van der Waals surface area contributed by atoms with E-state index in [1.807, 2.05) is 12.5 Å². The van der Waals surface area contributed by atoms with Gasteiger partial charge in [-0.2, -0.15) is 23.5 Å². The maximum Gasteiger partial charge on any atom is 0.326 e. The minimum Gasteiger partial charge on any atom is -0.480 e. The second-order valence-corrected chi connectivity index (χ2v) is 8.83. The van der Waals surface area contributed by atoms with Crippen LogP contribution in [0, 0.1) is 0 Å². The molecule has 10 N–H and O–H groups in total. The van der Waals surface area contributed by atoms with Gasteiger partial charge in [-0.15, -0.1) is 0 Å². The van der Waals surface area contributed by atoms with Crippen LogP contribution in [0.3, 0.4) is 0 Å². The Morgan fingerprint density at radius 3 is 2.06 bits per heavy atom. The van der Waals surface area contributed by atoms with Crippen LogP contribution in [0.2, 0.25) is 0 Å². The first kappa shape index (κ1) is 29.8. The molecule has 0 aliphatic heterocycles. The smallest absolute Gasteiger partial charge is 0.326 e. The Hall–Kier alpha value is -2.19. The summed E-state index contributed by atoms with van der Waals surface area (Å²) < 4.78 is 0. The van der Waals surface area contributed by atoms with Crippen molar-refractivity contribution in [1.82, 2.24) is 16.0 Å². The quantitative estimate of drug-likeness (QED) is 0.0674. The van der Waals surface area contributed by atoms with Crippen molar-refractivity contribution in [3.05, 3.63) is 0 Å². The zero-order valence-electron chi connectivity index (χ0n) is 18.5. The molecular weight excluding hydrogens is 458 g/mol. The number of hydrogen-bond acceptors (Lipinski definition) is 8. The Kier molecular flexibility index (Phi) is 16.2. The molecule has 0 rings (SSSR count). The third-order valence-corrected chi connectivity index (χ3v) is 5.50. The highest BCUT2D eigenvalue weighted by Crippen LogP contribution is 2.04. The molecule has 0 bridgehead atoms. The van der Waals surface area contributed by atoms with Gasteiger partial charge in [-0.3, -0.25) is 19.4 Å². The van der Waals surface area contributed by atoms with Gasteiger partial charge in [0.15, 0.2) is 5.96 Å². The summed E-state index contributed by atoms with van der Waals surface area (Å²) in [6.07, 6.45) is 5.13. The van der Waals surface area contributed by atoms with Crippen molar-refractivity contribution in [1.29, 1.82) is 0 Å². The molecule has 14 heteroatoms. The number of nitrogens with zero attached hydrogens (tertiary/aromatic N) is 1. The van der Waals surface area contributed by atoms with E-state index in [0.29, 0.717) is 37.3 Å². The van der Waals surface area contributed by atoms with Crippen LogP contribution in [0.25, 0.3) is 0 Å². The molecule has 0 aliphatic rings. The highest BCUT2D eigenvalue weighted by Gasteiger charge is 2.24. The largest absolute Gasteiger partial charge is 0.480 e. The summed E-state index contributed by atoms with van der Waals surface area (Å²) in [5, 5.41) is 16.6. The van der Waals surface area contributed by atoms with E-state index >= 15 is 0 Å². The number of carbonyl (C=O) groups is 4. The molecule has 3 atom stereocenters. The zero-order chi connectivity index (χ0) is 24.5. The molecular formula is C18H35N7O5S2. The highest BCUT2D eigenvalue weighted by molar-refractivity contribution is 7.98. The minimum atomic E-state index is -1.14. The standard InChI is InChI=1S/C18H35N7O5S2/c1-31-8-5-12(25-15(27)11(19)4-3-7-22-18(20)21)16(28)23-10-14(26)24-13(17(29)30)6-9-32-2/h11-13H,3-10,19H2,1-2H3,(H,23,28)(H,24,26)(H,25,27)(H,29,30)(H4,20,21,22). The summed E-state index contributed by atoms with van der Waals surface area (Å²) in [4.78, 5) is 52.0. The molecule has 12 nitrogen and oxygen atoms in total. The molecule has 0 aliphatic carbocycles. The molecule has 0 radical (unpaired) electrons. The van der Waals surface area contributed by atoms with Crippen LogP contribution in [-0.4, -0.2) is 90.0 Å². The first-order valence-electron chi connectivity index (χ1n) is 10.0. The van der Waals surface area contributed by atoms with Crippen LogP contribution < -0.4 is 33.2 Å². The van der Waals surface area contributed by atoms with Crippen LogP contribution in [-0.2, 0) is 19.2 Å². The lowest BCUT2D eigenvalue weighted by molar-refractivity contribution is -0.141. The zero-order valence-corrected chi connectivity index (χ0v) is 20.1. The van der Waals surface area contributed by atoms with Gasteiger partial charge in [0, 0.05) is 6.54 Å². The molecule has 0 saturated carbocycles. The fourth-order valence-corrected chi connectivity index (χ4v) is 3.41. The van der Waals surface area contributed by atoms with Crippen molar-refractivity contribution in [2.75, 3.05) is 37.1 Å². The molecule has 0 aromatic carbocycles. The lowest BCUT2D eigenvalue weighted by Crippen LogP contribution is -2.53. The number of guanidine groups is 1. The number of carboxylic acids is 1. The minimum absolute atomic E-state index is 0.0419. The van der Waals surface area contributed by atoms with Crippen molar-refractivity contribution in [3.8, 4) is 0 Å². The van der Waals surface area contributed by atoms with Crippen molar-refractivity contribution in [3.63, 3.8) is 0 Å². The Morgan fingerprint density at radius 2 is 1.53 bits per heavy atom. The van der Waals surface area contributed by atoms with Crippen molar-refractivity contribution in [2.24, 2.45) is 22.2 Å². The molecule has 3 amide bonds. The van der Waals surface area contributed by atoms with Crippen molar-refractivity contribution in [2.45, 2.75) is 43.8 Å². The van der Waals surface area contributed by atoms with Gasteiger partial charge in [0.2, 0.25) is 17.7 Å². The van der Waals surface area contributed by atoms with E-state index in [4.69, 9.17) is 17.2 Å². The average Bonchev–Trinajstić information content (AvgIpc) is 2.74. The van der Waals surface area contributed by atoms with Crippen LogP contribution in [0.15, 0.2) is 4.99 Å². The molecule has 0 aromatic rings. The second-order valence-electron chi connectivity index (χ2n) is 6.86. The lowest BCUT2D eigenvalue weighted by atomic mass is 10.1. The fourth-order valence-electron chi connectivity index (χ4n) is 2.46. The second kappa shape index (κ2) is 17.4. The predicted molar refractivity (Wildman–Crippen MR) is 128 cm³/mol.